The predicted molar refractivity (Wildman–Crippen MR) is 106 cm³/mol. The maximum absolute atomic E-state index is 12.7. The van der Waals surface area contributed by atoms with Crippen LogP contribution in [0.4, 0.5) is 0 Å². The molecule has 0 bridgehead atoms. The molecule has 7 nitrogen and oxygen atoms in total. The maximum atomic E-state index is 12.7. The van der Waals surface area contributed by atoms with E-state index in [1.165, 1.54) is 19.2 Å². The van der Waals surface area contributed by atoms with Crippen molar-refractivity contribution in [1.29, 1.82) is 0 Å². The van der Waals surface area contributed by atoms with Gasteiger partial charge in [0.1, 0.15) is 11.3 Å². The molecule has 2 aromatic heterocycles. The minimum Gasteiger partial charge on any atom is -0.493 e. The molecule has 0 aliphatic rings. The molecule has 7 heteroatoms. The minimum absolute atomic E-state index is 0.194. The van der Waals surface area contributed by atoms with E-state index in [0.717, 1.165) is 0 Å². The van der Waals surface area contributed by atoms with Crippen LogP contribution in [0.25, 0.3) is 33.1 Å². The normalized spacial score (nSPS) is 11.0. The van der Waals surface area contributed by atoms with Crippen LogP contribution in [0.1, 0.15) is 13.3 Å². The number of fused-ring (bicyclic) bond motifs is 2. The Balaban J connectivity index is 1.94. The summed E-state index contributed by atoms with van der Waals surface area (Å²) in [6, 6.07) is 12.8. The first-order valence-corrected chi connectivity index (χ1v) is 8.90. The number of esters is 1. The van der Waals surface area contributed by atoms with Gasteiger partial charge >= 0.3 is 17.2 Å². The molecule has 4 rings (SSSR count). The number of hydrogen-bond acceptors (Lipinski definition) is 7. The van der Waals surface area contributed by atoms with Gasteiger partial charge in [0.15, 0.2) is 11.3 Å². The van der Waals surface area contributed by atoms with Crippen molar-refractivity contribution in [3.8, 4) is 22.6 Å². The molecule has 2 heterocycles. The van der Waals surface area contributed by atoms with Crippen molar-refractivity contribution >= 4 is 27.9 Å². The number of methoxy groups -OCH3 is 1. The largest absolute Gasteiger partial charge is 0.493 e. The van der Waals surface area contributed by atoms with Crippen LogP contribution in [-0.2, 0) is 4.79 Å². The monoisotopic (exact) mass is 392 g/mol. The molecular weight excluding hydrogens is 376 g/mol. The van der Waals surface area contributed by atoms with Gasteiger partial charge in [-0.15, -0.1) is 0 Å². The first-order chi connectivity index (χ1) is 14.0. The molecule has 4 aromatic rings. The average Bonchev–Trinajstić information content (AvgIpc) is 2.72. The van der Waals surface area contributed by atoms with E-state index in [-0.39, 0.29) is 23.3 Å². The molecule has 0 saturated carbocycles. The Morgan fingerprint density at radius 2 is 1.83 bits per heavy atom. The van der Waals surface area contributed by atoms with Gasteiger partial charge in [-0.25, -0.2) is 9.59 Å². The highest BCUT2D eigenvalue weighted by Gasteiger charge is 2.16. The third-order valence-corrected chi connectivity index (χ3v) is 4.47. The lowest BCUT2D eigenvalue weighted by Crippen LogP contribution is -2.07. The lowest BCUT2D eigenvalue weighted by molar-refractivity contribution is -0.134. The van der Waals surface area contributed by atoms with Crippen LogP contribution >= 0.6 is 0 Å². The van der Waals surface area contributed by atoms with E-state index in [4.69, 9.17) is 18.3 Å². The number of carbonyl (C=O) groups excluding carboxylic acids is 1. The van der Waals surface area contributed by atoms with Gasteiger partial charge in [-0.05, 0) is 24.3 Å². The average molecular weight is 392 g/mol. The predicted octanol–water partition coefficient (Wildman–Crippen LogP) is 3.89. The van der Waals surface area contributed by atoms with Crippen LogP contribution in [0, 0.1) is 0 Å². The van der Waals surface area contributed by atoms with Crippen molar-refractivity contribution in [2.45, 2.75) is 13.3 Å². The number of hydrogen-bond donors (Lipinski definition) is 0. The Morgan fingerprint density at radius 1 is 1.00 bits per heavy atom. The second-order valence-corrected chi connectivity index (χ2v) is 6.29. The fourth-order valence-corrected chi connectivity index (χ4v) is 3.10. The van der Waals surface area contributed by atoms with E-state index in [9.17, 15) is 14.4 Å². The van der Waals surface area contributed by atoms with E-state index < -0.39 is 17.2 Å². The van der Waals surface area contributed by atoms with Crippen molar-refractivity contribution in [3.63, 3.8) is 0 Å². The molecule has 0 N–H and O–H groups in total. The van der Waals surface area contributed by atoms with Crippen LogP contribution in [0.15, 0.2) is 67.0 Å². The lowest BCUT2D eigenvalue weighted by Gasteiger charge is -2.09. The molecule has 0 radical (unpaired) electrons. The maximum Gasteiger partial charge on any atom is 0.344 e. The second-order valence-electron chi connectivity index (χ2n) is 6.29. The fourth-order valence-electron chi connectivity index (χ4n) is 3.10. The van der Waals surface area contributed by atoms with E-state index in [2.05, 4.69) is 0 Å². The molecule has 0 fully saturated rings. The SMILES string of the molecule is CCC(=O)Oc1ccc2c(-c3cc4cccc(OC)c4oc3=O)cc(=O)oc2c1. The van der Waals surface area contributed by atoms with Crippen LogP contribution < -0.4 is 20.7 Å². The molecule has 0 amide bonds. The number of para-hydroxylation sites is 1. The Kier molecular flexibility index (Phi) is 4.64. The van der Waals surface area contributed by atoms with Gasteiger partial charge in [0.05, 0.1) is 12.7 Å². The van der Waals surface area contributed by atoms with E-state index in [0.29, 0.717) is 27.7 Å². The summed E-state index contributed by atoms with van der Waals surface area (Å²) in [4.78, 5) is 36.3. The van der Waals surface area contributed by atoms with Crippen LogP contribution in [0.2, 0.25) is 0 Å². The van der Waals surface area contributed by atoms with Gasteiger partial charge in [0.2, 0.25) is 0 Å². The third-order valence-electron chi connectivity index (χ3n) is 4.47. The van der Waals surface area contributed by atoms with Gasteiger partial charge in [0.25, 0.3) is 0 Å². The van der Waals surface area contributed by atoms with E-state index >= 15 is 0 Å². The summed E-state index contributed by atoms with van der Waals surface area (Å²) in [5.41, 5.74) is -0.166. The molecule has 2 aromatic carbocycles. The summed E-state index contributed by atoms with van der Waals surface area (Å²) in [7, 11) is 1.49. The molecule has 0 aliphatic carbocycles. The summed E-state index contributed by atoms with van der Waals surface area (Å²) in [6.07, 6.45) is 0.212. The third kappa shape index (κ3) is 3.38. The Bertz CT molecular complexity index is 1360. The quantitative estimate of drug-likeness (QED) is 0.295. The molecule has 0 spiro atoms. The number of rotatable bonds is 4. The molecule has 146 valence electrons. The molecule has 29 heavy (non-hydrogen) atoms. The van der Waals surface area contributed by atoms with Gasteiger partial charge < -0.3 is 18.3 Å². The first kappa shape index (κ1) is 18.5. The lowest BCUT2D eigenvalue weighted by atomic mass is 10.0. The summed E-state index contributed by atoms with van der Waals surface area (Å²) < 4.78 is 21.1. The highest BCUT2D eigenvalue weighted by Crippen LogP contribution is 2.31. The van der Waals surface area contributed by atoms with Gasteiger partial charge in [-0.3, -0.25) is 4.79 Å². The summed E-state index contributed by atoms with van der Waals surface area (Å²) >= 11 is 0. The summed E-state index contributed by atoms with van der Waals surface area (Å²) in [5, 5.41) is 1.16. The Labute approximate surface area is 164 Å². The first-order valence-electron chi connectivity index (χ1n) is 8.90. The van der Waals surface area contributed by atoms with Gasteiger partial charge in [-0.1, -0.05) is 19.1 Å². The smallest absolute Gasteiger partial charge is 0.344 e. The van der Waals surface area contributed by atoms with E-state index in [1.807, 2.05) is 0 Å². The standard InChI is InChI=1S/C22H16O7/c1-3-19(23)27-13-7-8-14-15(11-20(24)28-18(14)10-13)16-9-12-5-4-6-17(26-2)21(12)29-22(16)25/h4-11H,3H2,1-2H3. The van der Waals surface area contributed by atoms with Crippen molar-refractivity contribution in [3.05, 3.63) is 69.4 Å². The van der Waals surface area contributed by atoms with Crippen molar-refractivity contribution < 1.29 is 23.1 Å². The molecule has 0 atom stereocenters. The van der Waals surface area contributed by atoms with Gasteiger partial charge in [0, 0.05) is 34.9 Å². The highest BCUT2D eigenvalue weighted by molar-refractivity contribution is 5.96. The Morgan fingerprint density at radius 3 is 2.59 bits per heavy atom. The number of carbonyl (C=O) groups is 1. The molecule has 0 aliphatic heterocycles. The van der Waals surface area contributed by atoms with Gasteiger partial charge in [-0.2, -0.15) is 0 Å². The highest BCUT2D eigenvalue weighted by atomic mass is 16.5. The topological polar surface area (TPSA) is 96.0 Å². The second kappa shape index (κ2) is 7.27. The van der Waals surface area contributed by atoms with Crippen LogP contribution in [0.5, 0.6) is 11.5 Å². The van der Waals surface area contributed by atoms with Crippen molar-refractivity contribution in [2.75, 3.05) is 7.11 Å². The molecule has 0 unspecified atom stereocenters. The van der Waals surface area contributed by atoms with E-state index in [1.54, 1.807) is 43.3 Å². The van der Waals surface area contributed by atoms with Crippen molar-refractivity contribution in [1.82, 2.24) is 0 Å². The van der Waals surface area contributed by atoms with Crippen molar-refractivity contribution in [2.24, 2.45) is 0 Å². The zero-order valence-electron chi connectivity index (χ0n) is 15.7. The molecular formula is C22H16O7. The van der Waals surface area contributed by atoms with Crippen LogP contribution in [-0.4, -0.2) is 13.1 Å². The number of ether oxygens (including phenoxy) is 2. The zero-order valence-corrected chi connectivity index (χ0v) is 15.7. The zero-order chi connectivity index (χ0) is 20.5. The Hall–Kier alpha value is -3.87. The summed E-state index contributed by atoms with van der Waals surface area (Å²) in [6.45, 7) is 1.68. The minimum atomic E-state index is -0.642. The summed E-state index contributed by atoms with van der Waals surface area (Å²) in [5.74, 6) is 0.276. The van der Waals surface area contributed by atoms with Crippen LogP contribution in [0.3, 0.4) is 0 Å². The fraction of sp³-hybridized carbons (Fsp3) is 0.136. The number of benzene rings is 2. The molecule has 0 saturated heterocycles.